The Morgan fingerprint density at radius 1 is 1.35 bits per heavy atom. The number of hydrogen-bond donors (Lipinski definition) is 1. The lowest BCUT2D eigenvalue weighted by atomic mass is 10.3. The monoisotopic (exact) mass is 335 g/mol. The number of nitrogens with zero attached hydrogens (tertiary/aromatic N) is 2. The molecule has 8 heteroatoms. The minimum Gasteiger partial charge on any atom is -0.320 e. The van der Waals surface area contributed by atoms with Gasteiger partial charge in [0.1, 0.15) is 28.7 Å². The Balaban J connectivity index is 1.86. The van der Waals surface area contributed by atoms with Gasteiger partial charge in [-0.05, 0) is 25.1 Å². The summed E-state index contributed by atoms with van der Waals surface area (Å²) in [6.45, 7) is 1.47. The number of aromatic nitrogens is 2. The van der Waals surface area contributed by atoms with Gasteiger partial charge in [0.15, 0.2) is 0 Å². The molecular weight excluding hydrogens is 324 g/mol. The van der Waals surface area contributed by atoms with Crippen LogP contribution in [0.2, 0.25) is 0 Å². The Kier molecular flexibility index (Phi) is 3.91. The fraction of sp³-hybridized carbons (Fsp3) is 0.133. The third-order valence-corrected chi connectivity index (χ3v) is 4.14. The predicted molar refractivity (Wildman–Crippen MR) is 83.6 cm³/mol. The second kappa shape index (κ2) is 5.88. The number of halogens is 2. The van der Waals surface area contributed by atoms with Crippen LogP contribution >= 0.6 is 11.3 Å². The van der Waals surface area contributed by atoms with Crippen LogP contribution in [0.1, 0.15) is 4.88 Å². The highest BCUT2D eigenvalue weighted by atomic mass is 32.1. The van der Waals surface area contributed by atoms with E-state index in [9.17, 15) is 18.4 Å². The first-order valence-corrected chi connectivity index (χ1v) is 7.47. The highest BCUT2D eigenvalue weighted by Gasteiger charge is 2.14. The summed E-state index contributed by atoms with van der Waals surface area (Å²) in [6.07, 6.45) is 1.25. The molecule has 0 saturated heterocycles. The van der Waals surface area contributed by atoms with Crippen LogP contribution in [0.15, 0.2) is 35.4 Å². The number of aryl methyl sites for hydroxylation is 1. The standard InChI is InChI=1S/C15H11F2N3O2S/c1-8-5-9-14(23-8)18-7-20(15(9)22)6-12(21)19-13-10(16)3-2-4-11(13)17/h2-5,7H,6H2,1H3,(H,19,21). The molecule has 0 saturated carbocycles. The summed E-state index contributed by atoms with van der Waals surface area (Å²) in [5.41, 5.74) is -0.908. The summed E-state index contributed by atoms with van der Waals surface area (Å²) in [6, 6.07) is 4.96. The maximum absolute atomic E-state index is 13.5. The van der Waals surface area contributed by atoms with E-state index in [0.717, 1.165) is 21.6 Å². The van der Waals surface area contributed by atoms with Gasteiger partial charge in [0.05, 0.1) is 11.7 Å². The van der Waals surface area contributed by atoms with E-state index in [1.807, 2.05) is 6.92 Å². The molecule has 5 nitrogen and oxygen atoms in total. The smallest absolute Gasteiger partial charge is 0.262 e. The molecule has 0 aliphatic rings. The molecule has 0 spiro atoms. The highest BCUT2D eigenvalue weighted by Crippen LogP contribution is 2.20. The molecule has 1 N–H and O–H groups in total. The summed E-state index contributed by atoms with van der Waals surface area (Å²) < 4.78 is 28.1. The van der Waals surface area contributed by atoms with Gasteiger partial charge in [-0.15, -0.1) is 11.3 Å². The lowest BCUT2D eigenvalue weighted by Crippen LogP contribution is -2.28. The van der Waals surface area contributed by atoms with Crippen LogP contribution in [0.5, 0.6) is 0 Å². The van der Waals surface area contributed by atoms with E-state index in [1.54, 1.807) is 6.07 Å². The number of para-hydroxylation sites is 1. The molecule has 0 bridgehead atoms. The second-order valence-corrected chi connectivity index (χ2v) is 6.13. The Morgan fingerprint density at radius 2 is 2.04 bits per heavy atom. The van der Waals surface area contributed by atoms with E-state index in [4.69, 9.17) is 0 Å². The van der Waals surface area contributed by atoms with Crippen LogP contribution in [0, 0.1) is 18.6 Å². The number of fused-ring (bicyclic) bond motifs is 1. The van der Waals surface area contributed by atoms with Gasteiger partial charge in [0, 0.05) is 4.88 Å². The first-order chi connectivity index (χ1) is 11.0. The van der Waals surface area contributed by atoms with E-state index in [0.29, 0.717) is 10.2 Å². The molecule has 0 fully saturated rings. The summed E-state index contributed by atoms with van der Waals surface area (Å²) >= 11 is 1.38. The largest absolute Gasteiger partial charge is 0.320 e. The number of amides is 1. The van der Waals surface area contributed by atoms with Gasteiger partial charge in [-0.3, -0.25) is 14.2 Å². The maximum Gasteiger partial charge on any atom is 0.262 e. The lowest BCUT2D eigenvalue weighted by molar-refractivity contribution is -0.116. The fourth-order valence-electron chi connectivity index (χ4n) is 2.14. The minimum atomic E-state index is -0.882. The number of carbonyl (C=O) groups is 1. The maximum atomic E-state index is 13.5. The zero-order chi connectivity index (χ0) is 16.6. The van der Waals surface area contributed by atoms with Crippen molar-refractivity contribution in [2.45, 2.75) is 13.5 Å². The van der Waals surface area contributed by atoms with Crippen LogP contribution in [0.25, 0.3) is 10.2 Å². The van der Waals surface area contributed by atoms with E-state index in [2.05, 4.69) is 10.3 Å². The number of nitrogens with one attached hydrogen (secondary N) is 1. The molecule has 0 aliphatic heterocycles. The average Bonchev–Trinajstić information content (AvgIpc) is 2.88. The van der Waals surface area contributed by atoms with E-state index < -0.39 is 23.2 Å². The Morgan fingerprint density at radius 3 is 2.74 bits per heavy atom. The van der Waals surface area contributed by atoms with Crippen molar-refractivity contribution in [3.63, 3.8) is 0 Å². The van der Waals surface area contributed by atoms with Crippen molar-refractivity contribution in [1.82, 2.24) is 9.55 Å². The molecule has 0 aliphatic carbocycles. The molecule has 118 valence electrons. The van der Waals surface area contributed by atoms with Gasteiger partial charge >= 0.3 is 0 Å². The topological polar surface area (TPSA) is 64.0 Å². The average molecular weight is 335 g/mol. The Hall–Kier alpha value is -2.61. The third-order valence-electron chi connectivity index (χ3n) is 3.18. The van der Waals surface area contributed by atoms with Gasteiger partial charge in [0.2, 0.25) is 5.91 Å². The minimum absolute atomic E-state index is 0.372. The highest BCUT2D eigenvalue weighted by molar-refractivity contribution is 7.18. The number of hydrogen-bond acceptors (Lipinski definition) is 4. The van der Waals surface area contributed by atoms with Crippen molar-refractivity contribution in [2.24, 2.45) is 0 Å². The molecule has 3 rings (SSSR count). The van der Waals surface area contributed by atoms with Crippen molar-refractivity contribution in [3.8, 4) is 0 Å². The SMILES string of the molecule is Cc1cc2c(=O)n(CC(=O)Nc3c(F)cccc3F)cnc2s1. The first-order valence-electron chi connectivity index (χ1n) is 6.65. The van der Waals surface area contributed by atoms with Gasteiger partial charge in [0.25, 0.3) is 5.56 Å². The van der Waals surface area contributed by atoms with Crippen molar-refractivity contribution in [2.75, 3.05) is 5.32 Å². The van der Waals surface area contributed by atoms with Gasteiger partial charge < -0.3 is 5.32 Å². The van der Waals surface area contributed by atoms with Crippen LogP contribution in [0.4, 0.5) is 14.5 Å². The zero-order valence-corrected chi connectivity index (χ0v) is 12.8. The number of carbonyl (C=O) groups excluding carboxylic acids is 1. The fourth-order valence-corrected chi connectivity index (χ4v) is 2.98. The van der Waals surface area contributed by atoms with Crippen LogP contribution in [-0.2, 0) is 11.3 Å². The number of benzene rings is 1. The van der Waals surface area contributed by atoms with Gasteiger partial charge in [-0.2, -0.15) is 0 Å². The van der Waals surface area contributed by atoms with Crippen molar-refractivity contribution >= 4 is 33.1 Å². The summed E-state index contributed by atoms with van der Waals surface area (Å²) in [5.74, 6) is -2.48. The van der Waals surface area contributed by atoms with Crippen LogP contribution in [-0.4, -0.2) is 15.5 Å². The summed E-state index contributed by atoms with van der Waals surface area (Å²) in [4.78, 5) is 29.8. The van der Waals surface area contributed by atoms with Gasteiger partial charge in [-0.25, -0.2) is 13.8 Å². The van der Waals surface area contributed by atoms with Crippen molar-refractivity contribution in [1.29, 1.82) is 0 Å². The molecule has 2 heterocycles. The van der Waals surface area contributed by atoms with E-state index in [1.165, 1.54) is 23.7 Å². The molecule has 0 unspecified atom stereocenters. The molecule has 1 amide bonds. The molecule has 23 heavy (non-hydrogen) atoms. The quantitative estimate of drug-likeness (QED) is 0.800. The van der Waals surface area contributed by atoms with Crippen molar-refractivity contribution in [3.05, 3.63) is 57.5 Å². The lowest BCUT2D eigenvalue weighted by Gasteiger charge is -2.08. The zero-order valence-electron chi connectivity index (χ0n) is 12.0. The second-order valence-electron chi connectivity index (χ2n) is 4.90. The normalized spacial score (nSPS) is 10.9. The third kappa shape index (κ3) is 2.98. The molecule has 3 aromatic rings. The molecule has 0 radical (unpaired) electrons. The molecule has 2 aromatic heterocycles. The summed E-state index contributed by atoms with van der Waals surface area (Å²) in [7, 11) is 0. The molecular formula is C15H11F2N3O2S. The van der Waals surface area contributed by atoms with Gasteiger partial charge in [-0.1, -0.05) is 6.07 Å². The predicted octanol–water partition coefficient (Wildman–Crippen LogP) is 2.68. The molecule has 0 atom stereocenters. The Labute approximate surface area is 133 Å². The number of rotatable bonds is 3. The van der Waals surface area contributed by atoms with Crippen molar-refractivity contribution < 1.29 is 13.6 Å². The first kappa shape index (κ1) is 15.3. The van der Waals surface area contributed by atoms with Crippen LogP contribution < -0.4 is 10.9 Å². The Bertz CT molecular complexity index is 945. The number of anilines is 1. The van der Waals surface area contributed by atoms with Crippen LogP contribution in [0.3, 0.4) is 0 Å². The summed E-state index contributed by atoms with van der Waals surface area (Å²) in [5, 5.41) is 2.55. The van der Waals surface area contributed by atoms with E-state index >= 15 is 0 Å². The molecule has 1 aromatic carbocycles. The number of thiophene rings is 1. The van der Waals surface area contributed by atoms with E-state index in [-0.39, 0.29) is 12.1 Å².